The lowest BCUT2D eigenvalue weighted by Crippen LogP contribution is -2.80. The largest absolute Gasteiger partial charge is 0.426 e. The highest BCUT2D eigenvalue weighted by Crippen LogP contribution is 2.52. The van der Waals surface area contributed by atoms with E-state index in [9.17, 15) is 50.0 Å². The molecule has 0 N–H and O–H groups in total. The first-order valence-electron chi connectivity index (χ1n) is 4.94. The Balaban J connectivity index is 3.97. The van der Waals surface area contributed by atoms with Crippen LogP contribution in [0.4, 0.5) is 0 Å². The van der Waals surface area contributed by atoms with Crippen molar-refractivity contribution in [1.82, 2.24) is 0 Å². The maximum atomic E-state index is 12.3. The van der Waals surface area contributed by atoms with E-state index >= 15 is 0 Å². The Morgan fingerprint density at radius 2 is 1.17 bits per heavy atom. The van der Waals surface area contributed by atoms with Crippen LogP contribution in [0.2, 0.25) is 0 Å². The number of nitrogens with zero attached hydrogens (tertiary/aromatic N) is 4. The van der Waals surface area contributed by atoms with Crippen molar-refractivity contribution in [3.05, 3.63) is 40.5 Å². The molecule has 23 heavy (non-hydrogen) atoms. The Hall–Kier alpha value is -1.62. The van der Waals surface area contributed by atoms with Crippen LogP contribution in [0.5, 0.6) is 0 Å². The van der Waals surface area contributed by atoms with Crippen molar-refractivity contribution in [1.29, 1.82) is 0 Å². The normalized spacial score (nSPS) is 37.3. The molecule has 0 bridgehead atoms. The zero-order valence-electron chi connectivity index (χ0n) is 10.1. The van der Waals surface area contributed by atoms with Gasteiger partial charge in [0.05, 0.1) is 14.8 Å². The van der Waals surface area contributed by atoms with E-state index in [-0.39, 0.29) is 0 Å². The van der Waals surface area contributed by atoms with Crippen molar-refractivity contribution in [3.8, 4) is 0 Å². The van der Waals surface area contributed by atoms with Gasteiger partial charge >= 0.3 is 31.0 Å². The molecule has 1 aliphatic rings. The Bertz CT molecular complexity index is 684. The molecule has 17 heteroatoms. The van der Waals surface area contributed by atoms with Crippen LogP contribution < -0.4 is 0 Å². The smallest absolute Gasteiger partial charge is 0.282 e. The highest BCUT2D eigenvalue weighted by Gasteiger charge is 2.93. The second kappa shape index (κ2) is 5.48. The van der Waals surface area contributed by atoms with Crippen molar-refractivity contribution in [2.24, 2.45) is 0 Å². The van der Waals surface area contributed by atoms with Gasteiger partial charge in [0.25, 0.3) is 0 Å². The summed E-state index contributed by atoms with van der Waals surface area (Å²) in [6.07, 6.45) is 0. The van der Waals surface area contributed by atoms with Crippen molar-refractivity contribution >= 4 is 59.4 Å². The topological polar surface area (TPSA) is 207 Å². The van der Waals surface area contributed by atoms with E-state index in [1.165, 1.54) is 0 Å². The molecule has 0 amide bonds. The Labute approximate surface area is 148 Å². The second-order valence-corrected chi connectivity index (χ2v) is 7.57. The lowest BCUT2D eigenvalue weighted by molar-refractivity contribution is -0.643. The van der Waals surface area contributed by atoms with E-state index in [4.69, 9.17) is 0 Å². The van der Waals surface area contributed by atoms with Crippen LogP contribution in [-0.4, -0.2) is 50.6 Å². The Morgan fingerprint density at radius 3 is 1.43 bits per heavy atom. The first-order valence-corrected chi connectivity index (χ1v) is 7.32. The van der Waals surface area contributed by atoms with Crippen LogP contribution in [0.25, 0.3) is 0 Å². The van der Waals surface area contributed by atoms with Gasteiger partial charge in [-0.25, -0.2) is 0 Å². The van der Waals surface area contributed by atoms with Crippen LogP contribution >= 0.6 is 47.8 Å². The van der Waals surface area contributed by atoms with Crippen molar-refractivity contribution < 1.29 is 29.3 Å². The van der Waals surface area contributed by atoms with Gasteiger partial charge in [-0.3, -0.25) is 50.0 Å². The summed E-state index contributed by atoms with van der Waals surface area (Å²) in [5.74, 6) is -4.36. The molecule has 1 fully saturated rings. The first-order chi connectivity index (χ1) is 10.2. The SMILES string of the molecule is O=C1C([N+](=O)[O-])C(Br)([N+](=O)[O-])C(=O)C(Br)([N+](=O)[O-])C1(Br)[N+](=O)[O-]. The molecule has 0 aromatic carbocycles. The summed E-state index contributed by atoms with van der Waals surface area (Å²) < 4.78 is -10.9. The molecular weight excluding hydrogens is 528 g/mol. The van der Waals surface area contributed by atoms with Crippen LogP contribution in [0.15, 0.2) is 0 Å². The zero-order valence-corrected chi connectivity index (χ0v) is 14.8. The molecule has 1 saturated carbocycles. The van der Waals surface area contributed by atoms with Gasteiger partial charge in [-0.1, -0.05) is 0 Å². The van der Waals surface area contributed by atoms with Crippen molar-refractivity contribution in [2.45, 2.75) is 19.4 Å². The minimum Gasteiger partial charge on any atom is -0.282 e. The van der Waals surface area contributed by atoms with Crippen molar-refractivity contribution in [2.75, 3.05) is 0 Å². The fourth-order valence-corrected chi connectivity index (χ4v) is 3.97. The second-order valence-electron chi connectivity index (χ2n) is 4.07. The van der Waals surface area contributed by atoms with E-state index in [2.05, 4.69) is 47.8 Å². The third kappa shape index (κ3) is 2.09. The molecule has 0 saturated heterocycles. The van der Waals surface area contributed by atoms with Gasteiger partial charge in [-0.2, -0.15) is 0 Å². The number of alkyl halides is 3. The van der Waals surface area contributed by atoms with Gasteiger partial charge in [0, 0.05) is 52.7 Å². The average Bonchev–Trinajstić information content (AvgIpc) is 2.41. The van der Waals surface area contributed by atoms with Gasteiger partial charge in [-0.05, 0) is 0 Å². The van der Waals surface area contributed by atoms with Gasteiger partial charge in [0.15, 0.2) is 0 Å². The molecule has 0 radical (unpaired) electrons. The predicted molar refractivity (Wildman–Crippen MR) is 76.8 cm³/mol. The fraction of sp³-hybridized carbons (Fsp3) is 0.667. The third-order valence-electron chi connectivity index (χ3n) is 2.98. The molecule has 4 unspecified atom stereocenters. The Morgan fingerprint density at radius 1 is 0.783 bits per heavy atom. The minimum absolute atomic E-state index is 1.61. The fourth-order valence-electron chi connectivity index (χ4n) is 1.86. The molecule has 0 heterocycles. The van der Waals surface area contributed by atoms with E-state index in [1.807, 2.05) is 0 Å². The highest BCUT2D eigenvalue weighted by molar-refractivity contribution is 9.13. The van der Waals surface area contributed by atoms with Crippen LogP contribution in [0.1, 0.15) is 0 Å². The number of Topliss-reactive ketones (excluding diaryl/α,β-unsaturated/α-hetero) is 2. The molecule has 0 spiro atoms. The standard InChI is InChI=1S/C6HBr3N4O10/c7-4(11(18)19)1(10(16)17)2(14)5(8,12(20)21)6(9,3(4)15)13(22)23/h1H. The maximum Gasteiger partial charge on any atom is 0.426 e. The zero-order chi connectivity index (χ0) is 18.5. The van der Waals surface area contributed by atoms with E-state index in [1.54, 1.807) is 0 Å². The number of hydrogen-bond acceptors (Lipinski definition) is 10. The molecule has 4 atom stereocenters. The molecular formula is C6HBr3N4O10. The summed E-state index contributed by atoms with van der Waals surface area (Å²) in [7, 11) is 0. The predicted octanol–water partition coefficient (Wildman–Crippen LogP) is -0.113. The van der Waals surface area contributed by atoms with E-state index < -0.39 is 50.6 Å². The molecule has 126 valence electrons. The summed E-state index contributed by atoms with van der Waals surface area (Å²) in [6.45, 7) is 0. The Kier molecular flexibility index (Phi) is 4.63. The number of hydrogen-bond donors (Lipinski definition) is 0. The lowest BCUT2D eigenvalue weighted by atomic mass is 9.81. The monoisotopic (exact) mass is 526 g/mol. The van der Waals surface area contributed by atoms with Crippen molar-refractivity contribution in [3.63, 3.8) is 0 Å². The van der Waals surface area contributed by atoms with Gasteiger partial charge in [0.2, 0.25) is 0 Å². The third-order valence-corrected chi connectivity index (χ3v) is 7.07. The van der Waals surface area contributed by atoms with Gasteiger partial charge in [0.1, 0.15) is 0 Å². The number of ketones is 2. The summed E-state index contributed by atoms with van der Waals surface area (Å²) in [5.41, 5.74) is 0. The van der Waals surface area contributed by atoms with E-state index in [0.717, 1.165) is 0 Å². The molecule has 1 rings (SSSR count). The number of nitro groups is 4. The van der Waals surface area contributed by atoms with Crippen LogP contribution in [0.3, 0.4) is 0 Å². The number of carbonyl (C=O) groups excluding carboxylic acids is 2. The summed E-state index contributed by atoms with van der Waals surface area (Å²) in [6, 6.07) is -3.08. The number of rotatable bonds is 4. The van der Waals surface area contributed by atoms with E-state index in [0.29, 0.717) is 0 Å². The number of halogens is 3. The van der Waals surface area contributed by atoms with Gasteiger partial charge < -0.3 is 0 Å². The molecule has 0 aromatic heterocycles. The minimum atomic E-state index is -3.66. The molecule has 1 aliphatic carbocycles. The summed E-state index contributed by atoms with van der Waals surface area (Å²) in [4.78, 5) is 62.3. The van der Waals surface area contributed by atoms with Gasteiger partial charge in [-0.15, -0.1) is 0 Å². The highest BCUT2D eigenvalue weighted by atomic mass is 79.9. The summed E-state index contributed by atoms with van der Waals surface area (Å²) in [5, 5.41) is 44.4. The summed E-state index contributed by atoms with van der Waals surface area (Å²) >= 11 is 6.28. The molecule has 14 nitrogen and oxygen atoms in total. The maximum absolute atomic E-state index is 12.3. The molecule has 0 aromatic rings. The lowest BCUT2D eigenvalue weighted by Gasteiger charge is -2.34. The quantitative estimate of drug-likeness (QED) is 0.204. The first kappa shape index (κ1) is 19.4. The average molecular weight is 529 g/mol. The van der Waals surface area contributed by atoms with Crippen LogP contribution in [-0.2, 0) is 9.59 Å². The molecule has 0 aliphatic heterocycles. The number of carbonyl (C=O) groups is 2. The van der Waals surface area contributed by atoms with Crippen LogP contribution in [0, 0.1) is 40.5 Å².